The molecule has 202 valence electrons. The first-order valence-corrected chi connectivity index (χ1v) is 12.9. The van der Waals surface area contributed by atoms with Gasteiger partial charge in [-0.2, -0.15) is 0 Å². The number of nitrogens with two attached hydrogens (primary N) is 1. The highest BCUT2D eigenvalue weighted by atomic mass is 19.1. The van der Waals surface area contributed by atoms with Crippen molar-refractivity contribution in [2.45, 2.75) is 38.5 Å². The van der Waals surface area contributed by atoms with Gasteiger partial charge in [-0.1, -0.05) is 31.4 Å². The molecule has 3 aromatic rings. The lowest BCUT2D eigenvalue weighted by Crippen LogP contribution is -2.24. The molecule has 39 heavy (non-hydrogen) atoms. The number of carbonyl (C=O) groups is 3. The number of halogens is 2. The first kappa shape index (κ1) is 27.5. The number of benzene rings is 3. The van der Waals surface area contributed by atoms with Gasteiger partial charge in [0.1, 0.15) is 11.6 Å². The number of fused-ring (bicyclic) bond motifs is 1. The molecule has 7 nitrogen and oxygen atoms in total. The smallest absolute Gasteiger partial charge is 0.256 e. The third kappa shape index (κ3) is 7.50. The van der Waals surface area contributed by atoms with Crippen molar-refractivity contribution in [2.75, 3.05) is 22.9 Å². The average Bonchev–Trinajstić information content (AvgIpc) is 3.21. The van der Waals surface area contributed by atoms with Gasteiger partial charge in [0.05, 0.1) is 11.4 Å². The van der Waals surface area contributed by atoms with Gasteiger partial charge in [0.15, 0.2) is 0 Å². The van der Waals surface area contributed by atoms with Crippen molar-refractivity contribution in [3.63, 3.8) is 0 Å². The van der Waals surface area contributed by atoms with Crippen molar-refractivity contribution in [3.05, 3.63) is 89.0 Å². The minimum atomic E-state index is -0.451. The van der Waals surface area contributed by atoms with E-state index in [4.69, 9.17) is 5.73 Å². The van der Waals surface area contributed by atoms with Gasteiger partial charge in [-0.25, -0.2) is 8.78 Å². The number of rotatable bonds is 11. The van der Waals surface area contributed by atoms with E-state index in [2.05, 4.69) is 16.0 Å². The highest BCUT2D eigenvalue weighted by Gasteiger charge is 2.24. The van der Waals surface area contributed by atoms with Gasteiger partial charge in [0, 0.05) is 35.4 Å². The van der Waals surface area contributed by atoms with Gasteiger partial charge in [0.2, 0.25) is 5.91 Å². The number of anilines is 3. The Bertz CT molecular complexity index is 1420. The molecule has 0 aromatic heterocycles. The molecule has 5 N–H and O–H groups in total. The fourth-order valence-corrected chi connectivity index (χ4v) is 4.34. The van der Waals surface area contributed by atoms with Crippen LogP contribution in [0.4, 0.5) is 25.8 Å². The molecule has 0 saturated heterocycles. The van der Waals surface area contributed by atoms with Gasteiger partial charge in [0.25, 0.3) is 11.8 Å². The van der Waals surface area contributed by atoms with Gasteiger partial charge in [-0.15, -0.1) is 0 Å². The molecule has 0 fully saturated rings. The number of amides is 3. The van der Waals surface area contributed by atoms with E-state index in [1.165, 1.54) is 36.4 Å². The van der Waals surface area contributed by atoms with Crippen LogP contribution in [0.2, 0.25) is 0 Å². The fourth-order valence-electron chi connectivity index (χ4n) is 4.34. The summed E-state index contributed by atoms with van der Waals surface area (Å²) < 4.78 is 26.8. The van der Waals surface area contributed by atoms with Crippen molar-refractivity contribution >= 4 is 46.4 Å². The van der Waals surface area contributed by atoms with Crippen LogP contribution in [0.3, 0.4) is 0 Å². The SMILES string of the molecule is Nc1cc(F)ccc1NC(=O)CCCCCCCNC(=O)c1cccc(C=C2C(=O)Nc3ccc(F)cc32)c1. The molecular weight excluding hydrogens is 502 g/mol. The van der Waals surface area contributed by atoms with Crippen LogP contribution < -0.4 is 21.7 Å². The Kier molecular flexibility index (Phi) is 9.04. The number of nitrogen functional groups attached to an aromatic ring is 1. The van der Waals surface area contributed by atoms with Crippen molar-refractivity contribution in [1.29, 1.82) is 0 Å². The first-order chi connectivity index (χ1) is 18.8. The second kappa shape index (κ2) is 12.8. The monoisotopic (exact) mass is 532 g/mol. The Labute approximate surface area is 225 Å². The second-order valence-corrected chi connectivity index (χ2v) is 9.38. The Morgan fingerprint density at radius 1 is 0.897 bits per heavy atom. The van der Waals surface area contributed by atoms with Crippen LogP contribution in [0.25, 0.3) is 11.6 Å². The lowest BCUT2D eigenvalue weighted by Gasteiger charge is -2.08. The summed E-state index contributed by atoms with van der Waals surface area (Å²) in [6, 6.07) is 14.9. The minimum Gasteiger partial charge on any atom is -0.397 e. The van der Waals surface area contributed by atoms with Crippen LogP contribution in [-0.4, -0.2) is 24.3 Å². The van der Waals surface area contributed by atoms with E-state index in [0.29, 0.717) is 46.6 Å². The zero-order valence-electron chi connectivity index (χ0n) is 21.4. The van der Waals surface area contributed by atoms with Gasteiger partial charge >= 0.3 is 0 Å². The first-order valence-electron chi connectivity index (χ1n) is 12.9. The van der Waals surface area contributed by atoms with Gasteiger partial charge < -0.3 is 21.7 Å². The summed E-state index contributed by atoms with van der Waals surface area (Å²) in [5.74, 6) is -1.57. The molecule has 3 amide bonds. The minimum absolute atomic E-state index is 0.164. The summed E-state index contributed by atoms with van der Waals surface area (Å²) in [5.41, 5.74) is 8.83. The number of unbranched alkanes of at least 4 members (excludes halogenated alkanes) is 4. The molecule has 0 spiro atoms. The summed E-state index contributed by atoms with van der Waals surface area (Å²) in [6.45, 7) is 0.517. The molecule has 0 radical (unpaired) electrons. The van der Waals surface area contributed by atoms with Crippen molar-refractivity contribution in [2.24, 2.45) is 0 Å². The van der Waals surface area contributed by atoms with Gasteiger partial charge in [-0.05, 0) is 73.0 Å². The fraction of sp³-hybridized carbons (Fsp3) is 0.233. The quantitative estimate of drug-likeness (QED) is 0.143. The lowest BCUT2D eigenvalue weighted by atomic mass is 10.0. The lowest BCUT2D eigenvalue weighted by molar-refractivity contribution is -0.116. The second-order valence-electron chi connectivity index (χ2n) is 9.38. The zero-order valence-corrected chi connectivity index (χ0v) is 21.4. The van der Waals surface area contributed by atoms with E-state index in [0.717, 1.165) is 32.1 Å². The van der Waals surface area contributed by atoms with Crippen molar-refractivity contribution < 1.29 is 23.2 Å². The molecule has 1 heterocycles. The zero-order chi connectivity index (χ0) is 27.8. The standard InChI is InChI=1S/C30H30F2N4O3/c31-21-10-12-26-23(17-21)24(30(39)36-26)16-19-7-6-8-20(15-19)29(38)34-14-5-3-1-2-4-9-28(37)35-27-13-11-22(32)18-25(27)33/h6-8,10-13,15-18H,1-5,9,14,33H2,(H,34,38)(H,35,37)(H,36,39). The molecule has 1 aliphatic heterocycles. The van der Waals surface area contributed by atoms with Crippen molar-refractivity contribution in [3.8, 4) is 0 Å². The van der Waals surface area contributed by atoms with E-state index in [1.54, 1.807) is 30.3 Å². The molecule has 4 rings (SSSR count). The number of nitrogens with one attached hydrogen (secondary N) is 3. The van der Waals surface area contributed by atoms with Crippen LogP contribution in [-0.2, 0) is 9.59 Å². The summed E-state index contributed by atoms with van der Waals surface area (Å²) in [4.78, 5) is 37.0. The average molecular weight is 533 g/mol. The van der Waals surface area contributed by atoms with Crippen LogP contribution in [0, 0.1) is 11.6 Å². The van der Waals surface area contributed by atoms with Crippen LogP contribution >= 0.6 is 0 Å². The largest absolute Gasteiger partial charge is 0.397 e. The Balaban J connectivity index is 1.16. The number of carbonyl (C=O) groups excluding carboxylic acids is 3. The molecule has 0 saturated carbocycles. The maximum absolute atomic E-state index is 13.7. The third-order valence-electron chi connectivity index (χ3n) is 6.38. The summed E-state index contributed by atoms with van der Waals surface area (Å²) in [5, 5.41) is 8.31. The Morgan fingerprint density at radius 3 is 2.46 bits per heavy atom. The maximum Gasteiger partial charge on any atom is 0.256 e. The predicted octanol–water partition coefficient (Wildman–Crippen LogP) is 5.75. The third-order valence-corrected chi connectivity index (χ3v) is 6.38. The van der Waals surface area contributed by atoms with Crippen LogP contribution in [0.1, 0.15) is 60.0 Å². The summed E-state index contributed by atoms with van der Waals surface area (Å²) in [7, 11) is 0. The molecule has 0 unspecified atom stereocenters. The molecule has 0 atom stereocenters. The molecule has 3 aromatic carbocycles. The van der Waals surface area contributed by atoms with E-state index in [9.17, 15) is 23.2 Å². The highest BCUT2D eigenvalue weighted by Crippen LogP contribution is 2.33. The molecule has 0 aliphatic carbocycles. The van der Waals surface area contributed by atoms with E-state index < -0.39 is 11.6 Å². The normalized spacial score (nSPS) is 13.2. The van der Waals surface area contributed by atoms with E-state index in [1.807, 2.05) is 0 Å². The summed E-state index contributed by atoms with van der Waals surface area (Å²) in [6.07, 6.45) is 6.22. The molecular formula is C30H30F2N4O3. The van der Waals surface area contributed by atoms with Crippen LogP contribution in [0.15, 0.2) is 60.7 Å². The summed E-state index contributed by atoms with van der Waals surface area (Å²) >= 11 is 0. The highest BCUT2D eigenvalue weighted by molar-refractivity contribution is 6.34. The number of hydrogen-bond acceptors (Lipinski definition) is 4. The Morgan fingerprint density at radius 2 is 1.64 bits per heavy atom. The molecule has 1 aliphatic rings. The topological polar surface area (TPSA) is 113 Å². The maximum atomic E-state index is 13.7. The van der Waals surface area contributed by atoms with E-state index in [-0.39, 0.29) is 23.4 Å². The van der Waals surface area contributed by atoms with Crippen LogP contribution in [0.5, 0.6) is 0 Å². The molecule has 0 bridgehead atoms. The van der Waals surface area contributed by atoms with E-state index >= 15 is 0 Å². The molecule has 9 heteroatoms. The van der Waals surface area contributed by atoms with Crippen molar-refractivity contribution in [1.82, 2.24) is 5.32 Å². The Hall–Kier alpha value is -4.53. The predicted molar refractivity (Wildman–Crippen MR) is 149 cm³/mol. The van der Waals surface area contributed by atoms with Gasteiger partial charge in [-0.3, -0.25) is 14.4 Å². The number of hydrogen-bond donors (Lipinski definition) is 4.